The first-order valence-electron chi connectivity index (χ1n) is 5.55. The summed E-state index contributed by atoms with van der Waals surface area (Å²) in [6.45, 7) is 7.63. The molecule has 2 nitrogen and oxygen atoms in total. The minimum atomic E-state index is 0.0326. The Morgan fingerprint density at radius 2 is 1.94 bits per heavy atom. The molecule has 3 heteroatoms. The van der Waals surface area contributed by atoms with Gasteiger partial charge in [0.05, 0.1) is 9.88 Å². The Bertz CT molecular complexity index is 584. The molecule has 2 aromatic rings. The lowest BCUT2D eigenvalue weighted by molar-refractivity contribution is 0.101. The van der Waals surface area contributed by atoms with Gasteiger partial charge in [-0.1, -0.05) is 23.8 Å². The molecular formula is C14H15NOS. The number of aryl methyl sites for hydroxylation is 3. The second-order valence-electron chi connectivity index (χ2n) is 4.29. The van der Waals surface area contributed by atoms with Gasteiger partial charge in [0.25, 0.3) is 0 Å². The van der Waals surface area contributed by atoms with Gasteiger partial charge in [0.15, 0.2) is 5.78 Å². The highest BCUT2D eigenvalue weighted by atomic mass is 32.1. The van der Waals surface area contributed by atoms with E-state index in [1.807, 2.05) is 6.92 Å². The summed E-state index contributed by atoms with van der Waals surface area (Å²) in [7, 11) is 0. The molecule has 2 rings (SSSR count). The van der Waals surface area contributed by atoms with Crippen LogP contribution in [0.1, 0.15) is 33.5 Å². The number of hydrogen-bond donors (Lipinski definition) is 0. The fraction of sp³-hybridized carbons (Fsp3) is 0.286. The van der Waals surface area contributed by atoms with E-state index in [-0.39, 0.29) is 5.78 Å². The Balaban J connectivity index is 2.67. The van der Waals surface area contributed by atoms with Crippen molar-refractivity contribution in [1.82, 2.24) is 4.98 Å². The van der Waals surface area contributed by atoms with Crippen molar-refractivity contribution in [1.29, 1.82) is 0 Å². The van der Waals surface area contributed by atoms with Gasteiger partial charge in [-0.3, -0.25) is 4.79 Å². The third kappa shape index (κ3) is 2.29. The Labute approximate surface area is 105 Å². The van der Waals surface area contributed by atoms with Crippen LogP contribution in [0.3, 0.4) is 0 Å². The zero-order chi connectivity index (χ0) is 12.6. The molecule has 0 aliphatic carbocycles. The van der Waals surface area contributed by atoms with Crippen molar-refractivity contribution < 1.29 is 4.79 Å². The number of carbonyl (C=O) groups is 1. The summed E-state index contributed by atoms with van der Waals surface area (Å²) in [6.07, 6.45) is 0. The van der Waals surface area contributed by atoms with Gasteiger partial charge in [0.1, 0.15) is 5.69 Å². The smallest absolute Gasteiger partial charge is 0.179 e. The predicted octanol–water partition coefficient (Wildman–Crippen LogP) is 3.94. The van der Waals surface area contributed by atoms with E-state index >= 15 is 0 Å². The summed E-state index contributed by atoms with van der Waals surface area (Å²) in [5.74, 6) is 0.0326. The van der Waals surface area contributed by atoms with Crippen LogP contribution in [0.5, 0.6) is 0 Å². The van der Waals surface area contributed by atoms with Gasteiger partial charge in [-0.25, -0.2) is 4.98 Å². The van der Waals surface area contributed by atoms with Crippen LogP contribution in [-0.2, 0) is 0 Å². The van der Waals surface area contributed by atoms with E-state index in [0.717, 1.165) is 15.4 Å². The highest BCUT2D eigenvalue weighted by Crippen LogP contribution is 2.33. The van der Waals surface area contributed by atoms with Crippen LogP contribution in [0.2, 0.25) is 0 Å². The van der Waals surface area contributed by atoms with Crippen LogP contribution < -0.4 is 0 Å². The second-order valence-corrected chi connectivity index (χ2v) is 5.49. The number of hydrogen-bond acceptors (Lipinski definition) is 3. The highest BCUT2D eigenvalue weighted by Gasteiger charge is 2.16. The molecule has 0 radical (unpaired) electrons. The standard InChI is InChI=1S/C14H15NOS/c1-8-5-6-9(2)12(7-8)14-13(10(3)16)15-11(4)17-14/h5-7H,1-4H3. The molecule has 0 amide bonds. The molecule has 0 fully saturated rings. The van der Waals surface area contributed by atoms with Crippen molar-refractivity contribution in [3.8, 4) is 10.4 Å². The summed E-state index contributed by atoms with van der Waals surface area (Å²) in [4.78, 5) is 16.9. The fourth-order valence-corrected chi connectivity index (χ4v) is 2.88. The Morgan fingerprint density at radius 1 is 1.24 bits per heavy atom. The molecule has 0 N–H and O–H groups in total. The Kier molecular flexibility index (Phi) is 3.11. The summed E-state index contributed by atoms with van der Waals surface area (Å²) in [6, 6.07) is 6.29. The average molecular weight is 245 g/mol. The maximum Gasteiger partial charge on any atom is 0.179 e. The lowest BCUT2D eigenvalue weighted by Gasteiger charge is -2.05. The zero-order valence-corrected chi connectivity index (χ0v) is 11.3. The lowest BCUT2D eigenvalue weighted by atomic mass is 10.0. The molecule has 1 heterocycles. The van der Waals surface area contributed by atoms with Crippen molar-refractivity contribution in [2.24, 2.45) is 0 Å². The molecular weight excluding hydrogens is 230 g/mol. The van der Waals surface area contributed by atoms with Crippen LogP contribution in [0.15, 0.2) is 18.2 Å². The van der Waals surface area contributed by atoms with E-state index < -0.39 is 0 Å². The molecule has 88 valence electrons. The molecule has 0 saturated heterocycles. The predicted molar refractivity (Wildman–Crippen MR) is 71.8 cm³/mol. The molecule has 0 aliphatic heterocycles. The van der Waals surface area contributed by atoms with Gasteiger partial charge in [-0.2, -0.15) is 0 Å². The average Bonchev–Trinajstić information content (AvgIpc) is 2.64. The van der Waals surface area contributed by atoms with Crippen LogP contribution in [0.25, 0.3) is 10.4 Å². The molecule has 0 aliphatic rings. The van der Waals surface area contributed by atoms with Gasteiger partial charge in [-0.05, 0) is 31.9 Å². The van der Waals surface area contributed by atoms with Gasteiger partial charge >= 0.3 is 0 Å². The van der Waals surface area contributed by atoms with Crippen molar-refractivity contribution in [2.75, 3.05) is 0 Å². The van der Waals surface area contributed by atoms with Crippen LogP contribution in [-0.4, -0.2) is 10.8 Å². The Morgan fingerprint density at radius 3 is 2.59 bits per heavy atom. The van der Waals surface area contributed by atoms with Gasteiger partial charge in [0, 0.05) is 6.92 Å². The van der Waals surface area contributed by atoms with Gasteiger partial charge < -0.3 is 0 Å². The number of aromatic nitrogens is 1. The fourth-order valence-electron chi connectivity index (χ4n) is 1.83. The first-order valence-corrected chi connectivity index (χ1v) is 6.36. The summed E-state index contributed by atoms with van der Waals surface area (Å²) in [5.41, 5.74) is 4.11. The second kappa shape index (κ2) is 4.41. The maximum absolute atomic E-state index is 11.6. The molecule has 1 aromatic carbocycles. The van der Waals surface area contributed by atoms with Crippen molar-refractivity contribution in [3.05, 3.63) is 40.0 Å². The minimum absolute atomic E-state index is 0.0326. The first kappa shape index (κ1) is 12.0. The monoisotopic (exact) mass is 245 g/mol. The van der Waals surface area contributed by atoms with E-state index in [2.05, 4.69) is 37.0 Å². The number of benzene rings is 1. The third-order valence-electron chi connectivity index (χ3n) is 2.71. The maximum atomic E-state index is 11.6. The molecule has 17 heavy (non-hydrogen) atoms. The van der Waals surface area contributed by atoms with Crippen molar-refractivity contribution in [2.45, 2.75) is 27.7 Å². The Hall–Kier alpha value is -1.48. The molecule has 1 aromatic heterocycles. The van der Waals surface area contributed by atoms with Crippen molar-refractivity contribution in [3.63, 3.8) is 0 Å². The van der Waals surface area contributed by atoms with E-state index in [4.69, 9.17) is 0 Å². The van der Waals surface area contributed by atoms with Crippen LogP contribution in [0, 0.1) is 20.8 Å². The zero-order valence-electron chi connectivity index (χ0n) is 10.5. The number of rotatable bonds is 2. The molecule has 0 unspecified atom stereocenters. The van der Waals surface area contributed by atoms with E-state index in [9.17, 15) is 4.79 Å². The van der Waals surface area contributed by atoms with E-state index in [0.29, 0.717) is 5.69 Å². The lowest BCUT2D eigenvalue weighted by Crippen LogP contribution is -1.96. The number of nitrogens with zero attached hydrogens (tertiary/aromatic N) is 1. The van der Waals surface area contributed by atoms with E-state index in [1.54, 1.807) is 18.3 Å². The van der Waals surface area contributed by atoms with Crippen LogP contribution >= 0.6 is 11.3 Å². The molecule has 0 saturated carbocycles. The number of ketones is 1. The minimum Gasteiger partial charge on any atom is -0.293 e. The summed E-state index contributed by atoms with van der Waals surface area (Å²) < 4.78 is 0. The van der Waals surface area contributed by atoms with Crippen LogP contribution in [0.4, 0.5) is 0 Å². The normalized spacial score (nSPS) is 10.6. The quantitative estimate of drug-likeness (QED) is 0.750. The van der Waals surface area contributed by atoms with Gasteiger partial charge in [0.2, 0.25) is 0 Å². The topological polar surface area (TPSA) is 30.0 Å². The molecule has 0 spiro atoms. The van der Waals surface area contributed by atoms with E-state index in [1.165, 1.54) is 11.1 Å². The molecule has 0 atom stereocenters. The van der Waals surface area contributed by atoms with Crippen molar-refractivity contribution >= 4 is 17.1 Å². The van der Waals surface area contributed by atoms with Gasteiger partial charge in [-0.15, -0.1) is 11.3 Å². The number of Topliss-reactive ketones (excluding diaryl/α,β-unsaturated/α-hetero) is 1. The highest BCUT2D eigenvalue weighted by molar-refractivity contribution is 7.15. The largest absolute Gasteiger partial charge is 0.293 e. The first-order chi connectivity index (χ1) is 7.99. The summed E-state index contributed by atoms with van der Waals surface area (Å²) in [5, 5.41) is 0.936. The number of carbonyl (C=O) groups excluding carboxylic acids is 1. The SMILES string of the molecule is CC(=O)c1nc(C)sc1-c1cc(C)ccc1C. The summed E-state index contributed by atoms with van der Waals surface area (Å²) >= 11 is 1.59. The molecule has 0 bridgehead atoms. The number of thiazole rings is 1. The third-order valence-corrected chi connectivity index (χ3v) is 3.71.